The Hall–Kier alpha value is -2.50. The minimum Gasteiger partial charge on any atom is -0.488 e. The lowest BCUT2D eigenvalue weighted by molar-refractivity contribution is 0.0660. The first kappa shape index (κ1) is 16.9. The monoisotopic (exact) mass is 319 g/mol. The van der Waals surface area contributed by atoms with Crippen LogP contribution in [0.15, 0.2) is 39.7 Å². The third-order valence-electron chi connectivity index (χ3n) is 3.44. The van der Waals surface area contributed by atoms with Gasteiger partial charge in [-0.3, -0.25) is 4.79 Å². The molecule has 0 atom stereocenters. The van der Waals surface area contributed by atoms with Crippen LogP contribution in [0.5, 0.6) is 5.75 Å². The molecule has 2 aromatic heterocycles. The van der Waals surface area contributed by atoms with Crippen LogP contribution in [-0.4, -0.2) is 22.2 Å². The fraction of sp³-hybridized carbons (Fsp3) is 0.412. The Morgan fingerprint density at radius 3 is 2.78 bits per heavy atom. The maximum absolute atomic E-state index is 12.3. The minimum atomic E-state index is -1.13. The predicted molar refractivity (Wildman–Crippen MR) is 85.1 cm³/mol. The van der Waals surface area contributed by atoms with Crippen LogP contribution in [-0.2, 0) is 6.54 Å². The van der Waals surface area contributed by atoms with Gasteiger partial charge in [-0.05, 0) is 30.7 Å². The van der Waals surface area contributed by atoms with E-state index in [9.17, 15) is 9.59 Å². The molecule has 0 saturated carbocycles. The van der Waals surface area contributed by atoms with E-state index in [1.54, 1.807) is 24.4 Å². The molecule has 0 bridgehead atoms. The first-order valence-corrected chi connectivity index (χ1v) is 7.76. The average molecular weight is 319 g/mol. The largest absolute Gasteiger partial charge is 0.488 e. The van der Waals surface area contributed by atoms with Crippen LogP contribution in [0.25, 0.3) is 0 Å². The Kier molecular flexibility index (Phi) is 6.02. The second kappa shape index (κ2) is 8.22. The maximum Gasteiger partial charge on any atom is 0.371 e. The number of hydrogen-bond acceptors (Lipinski definition) is 4. The van der Waals surface area contributed by atoms with Gasteiger partial charge >= 0.3 is 5.97 Å². The smallest absolute Gasteiger partial charge is 0.371 e. The van der Waals surface area contributed by atoms with E-state index in [1.165, 1.54) is 10.6 Å². The van der Waals surface area contributed by atoms with Crippen molar-refractivity contribution in [1.82, 2.24) is 4.57 Å². The van der Waals surface area contributed by atoms with Gasteiger partial charge in [0.2, 0.25) is 5.76 Å². The number of pyridine rings is 1. The summed E-state index contributed by atoms with van der Waals surface area (Å²) in [5.41, 5.74) is -0.253. The van der Waals surface area contributed by atoms with E-state index in [2.05, 4.69) is 6.92 Å². The van der Waals surface area contributed by atoms with Crippen molar-refractivity contribution in [2.24, 2.45) is 0 Å². The van der Waals surface area contributed by atoms with Crippen LogP contribution < -0.4 is 10.3 Å². The molecule has 0 aromatic carbocycles. The van der Waals surface area contributed by atoms with Crippen molar-refractivity contribution in [3.8, 4) is 5.75 Å². The number of carboxylic acids is 1. The van der Waals surface area contributed by atoms with Crippen molar-refractivity contribution in [3.05, 3.63) is 52.3 Å². The van der Waals surface area contributed by atoms with Gasteiger partial charge in [0.1, 0.15) is 5.76 Å². The van der Waals surface area contributed by atoms with Gasteiger partial charge in [0.15, 0.2) is 5.75 Å². The summed E-state index contributed by atoms with van der Waals surface area (Å²) in [6, 6.07) is 6.29. The van der Waals surface area contributed by atoms with Gasteiger partial charge in [0.05, 0.1) is 13.2 Å². The van der Waals surface area contributed by atoms with Gasteiger partial charge < -0.3 is 18.8 Å². The number of carbonyl (C=O) groups is 1. The van der Waals surface area contributed by atoms with Crippen LogP contribution >= 0.6 is 0 Å². The molecule has 2 aromatic rings. The number of rotatable bonds is 9. The normalized spacial score (nSPS) is 10.7. The van der Waals surface area contributed by atoms with Crippen LogP contribution in [0, 0.1) is 0 Å². The van der Waals surface area contributed by atoms with E-state index in [4.69, 9.17) is 14.3 Å². The lowest BCUT2D eigenvalue weighted by Crippen LogP contribution is -2.21. The van der Waals surface area contributed by atoms with Gasteiger partial charge in [-0.15, -0.1) is 0 Å². The molecule has 6 nitrogen and oxygen atoms in total. The Bertz CT molecular complexity index is 701. The number of aromatic nitrogens is 1. The summed E-state index contributed by atoms with van der Waals surface area (Å²) in [4.78, 5) is 23.1. The van der Waals surface area contributed by atoms with Crippen molar-refractivity contribution >= 4 is 5.97 Å². The van der Waals surface area contributed by atoms with Crippen molar-refractivity contribution in [2.75, 3.05) is 6.61 Å². The number of nitrogens with zero attached hydrogens (tertiary/aromatic N) is 1. The zero-order chi connectivity index (χ0) is 16.7. The summed E-state index contributed by atoms with van der Waals surface area (Å²) in [6.45, 7) is 2.82. The Labute approximate surface area is 134 Å². The van der Waals surface area contributed by atoms with Gasteiger partial charge in [0, 0.05) is 6.20 Å². The van der Waals surface area contributed by atoms with Crippen molar-refractivity contribution in [1.29, 1.82) is 0 Å². The van der Waals surface area contributed by atoms with Crippen LogP contribution in [0.1, 0.15) is 48.9 Å². The summed E-state index contributed by atoms with van der Waals surface area (Å²) in [6.07, 6.45) is 5.94. The van der Waals surface area contributed by atoms with Crippen LogP contribution in [0.3, 0.4) is 0 Å². The zero-order valence-corrected chi connectivity index (χ0v) is 13.2. The molecule has 124 valence electrons. The third-order valence-corrected chi connectivity index (χ3v) is 3.44. The summed E-state index contributed by atoms with van der Waals surface area (Å²) in [5.74, 6) is -0.567. The highest BCUT2D eigenvalue weighted by Crippen LogP contribution is 2.10. The van der Waals surface area contributed by atoms with E-state index >= 15 is 0 Å². The molecule has 0 amide bonds. The zero-order valence-electron chi connectivity index (χ0n) is 13.2. The minimum absolute atomic E-state index is 0.142. The Morgan fingerprint density at radius 1 is 1.26 bits per heavy atom. The SMILES string of the molecule is CCCCCCOc1cccn(Cc2ccc(C(=O)O)o2)c1=O. The Morgan fingerprint density at radius 2 is 2.09 bits per heavy atom. The summed E-state index contributed by atoms with van der Waals surface area (Å²) >= 11 is 0. The fourth-order valence-electron chi connectivity index (χ4n) is 2.21. The number of ether oxygens (including phenoxy) is 1. The predicted octanol–water partition coefficient (Wildman–Crippen LogP) is 3.15. The van der Waals surface area contributed by atoms with Crippen LogP contribution in [0.2, 0.25) is 0 Å². The topological polar surface area (TPSA) is 81.7 Å². The van der Waals surface area contributed by atoms with Gasteiger partial charge in [-0.2, -0.15) is 0 Å². The second-order valence-corrected chi connectivity index (χ2v) is 5.29. The van der Waals surface area contributed by atoms with Gasteiger partial charge in [-0.1, -0.05) is 26.2 Å². The second-order valence-electron chi connectivity index (χ2n) is 5.29. The highest BCUT2D eigenvalue weighted by atomic mass is 16.5. The standard InChI is InChI=1S/C17H21NO5/c1-2-3-4-5-11-22-14-7-6-10-18(16(14)19)12-13-8-9-15(23-13)17(20)21/h6-10H,2-5,11-12H2,1H3,(H,20,21). The van der Waals surface area contributed by atoms with E-state index in [1.807, 2.05) is 0 Å². The fourth-order valence-corrected chi connectivity index (χ4v) is 2.21. The quantitative estimate of drug-likeness (QED) is 0.718. The number of unbranched alkanes of at least 4 members (excludes halogenated alkanes) is 3. The van der Waals surface area contributed by atoms with Crippen molar-refractivity contribution in [3.63, 3.8) is 0 Å². The third kappa shape index (κ3) is 4.74. The van der Waals surface area contributed by atoms with Crippen molar-refractivity contribution in [2.45, 2.75) is 39.2 Å². The van der Waals surface area contributed by atoms with Crippen molar-refractivity contribution < 1.29 is 19.1 Å². The molecule has 0 aliphatic carbocycles. The summed E-state index contributed by atoms with van der Waals surface area (Å²) in [5, 5.41) is 8.84. The van der Waals surface area contributed by atoms with Gasteiger partial charge in [-0.25, -0.2) is 4.79 Å². The highest BCUT2D eigenvalue weighted by molar-refractivity contribution is 5.84. The number of carboxylic acid groups (broad SMARTS) is 1. The summed E-state index contributed by atoms with van der Waals surface area (Å²) in [7, 11) is 0. The molecule has 6 heteroatoms. The Balaban J connectivity index is 2.01. The first-order chi connectivity index (χ1) is 11.1. The number of hydrogen-bond donors (Lipinski definition) is 1. The van der Waals surface area contributed by atoms with E-state index < -0.39 is 5.97 Å². The molecule has 0 saturated heterocycles. The summed E-state index contributed by atoms with van der Waals surface area (Å²) < 4.78 is 12.2. The molecule has 1 N–H and O–H groups in total. The van der Waals surface area contributed by atoms with E-state index in [0.29, 0.717) is 18.1 Å². The van der Waals surface area contributed by atoms with Gasteiger partial charge in [0.25, 0.3) is 5.56 Å². The molecule has 0 aliphatic rings. The molecule has 0 unspecified atom stereocenters. The lowest BCUT2D eigenvalue weighted by atomic mass is 10.2. The van der Waals surface area contributed by atoms with Crippen LogP contribution in [0.4, 0.5) is 0 Å². The molecular weight excluding hydrogens is 298 g/mol. The van der Waals surface area contributed by atoms with E-state index in [-0.39, 0.29) is 17.9 Å². The molecule has 0 spiro atoms. The first-order valence-electron chi connectivity index (χ1n) is 7.76. The molecule has 2 rings (SSSR count). The lowest BCUT2D eigenvalue weighted by Gasteiger charge is -2.08. The highest BCUT2D eigenvalue weighted by Gasteiger charge is 2.11. The van der Waals surface area contributed by atoms with E-state index in [0.717, 1.165) is 25.7 Å². The number of aromatic carboxylic acids is 1. The molecule has 0 fully saturated rings. The average Bonchev–Trinajstić information content (AvgIpc) is 2.99. The molecule has 0 radical (unpaired) electrons. The maximum atomic E-state index is 12.3. The number of furan rings is 1. The molecule has 23 heavy (non-hydrogen) atoms. The molecular formula is C17H21NO5. The molecule has 2 heterocycles. The molecule has 0 aliphatic heterocycles.